The van der Waals surface area contributed by atoms with E-state index in [1.165, 1.54) is 11.1 Å². The molecular formula is C31H42O4. The molecule has 0 spiro atoms. The molecule has 1 saturated heterocycles. The molecule has 3 aliphatic rings. The average molecular weight is 479 g/mol. The van der Waals surface area contributed by atoms with Crippen LogP contribution in [0.2, 0.25) is 0 Å². The summed E-state index contributed by atoms with van der Waals surface area (Å²) in [4.78, 5) is 25.5. The molecule has 7 atom stereocenters. The van der Waals surface area contributed by atoms with E-state index >= 15 is 0 Å². The molecular weight excluding hydrogens is 436 g/mol. The monoisotopic (exact) mass is 478 g/mol. The fourth-order valence-electron chi connectivity index (χ4n) is 6.08. The second-order valence-corrected chi connectivity index (χ2v) is 11.7. The second-order valence-electron chi connectivity index (χ2n) is 11.7. The highest BCUT2D eigenvalue weighted by Gasteiger charge is 2.43. The molecule has 0 N–H and O–H groups in total. The fraction of sp³-hybridized carbons (Fsp3) is 0.613. The highest BCUT2D eigenvalue weighted by Crippen LogP contribution is 2.46. The largest absolute Gasteiger partial charge is 0.462 e. The predicted molar refractivity (Wildman–Crippen MR) is 139 cm³/mol. The quantitative estimate of drug-likeness (QED) is 0.396. The van der Waals surface area contributed by atoms with Crippen molar-refractivity contribution in [1.29, 1.82) is 0 Å². The Morgan fingerprint density at radius 1 is 1.11 bits per heavy atom. The first-order chi connectivity index (χ1) is 16.7. The highest BCUT2D eigenvalue weighted by molar-refractivity contribution is 5.76. The Kier molecular flexibility index (Phi) is 7.88. The summed E-state index contributed by atoms with van der Waals surface area (Å²) in [5.74, 6) is 1.37. The lowest BCUT2D eigenvalue weighted by atomic mass is 9.65. The minimum absolute atomic E-state index is 0.0606. The van der Waals surface area contributed by atoms with Gasteiger partial charge < -0.3 is 9.47 Å². The van der Waals surface area contributed by atoms with Gasteiger partial charge in [0.25, 0.3) is 0 Å². The zero-order chi connectivity index (χ0) is 25.2. The Balaban J connectivity index is 1.48. The molecule has 4 rings (SSSR count). The number of carbonyl (C=O) groups is 2. The third-order valence-electron chi connectivity index (χ3n) is 8.64. The molecule has 0 aromatic heterocycles. The van der Waals surface area contributed by atoms with Crippen LogP contribution in [0.5, 0.6) is 0 Å². The molecule has 0 radical (unpaired) electrons. The predicted octanol–water partition coefficient (Wildman–Crippen LogP) is 7.01. The summed E-state index contributed by atoms with van der Waals surface area (Å²) in [6.07, 6.45) is 11.5. The van der Waals surface area contributed by atoms with Gasteiger partial charge in [-0.3, -0.25) is 9.59 Å². The van der Waals surface area contributed by atoms with Gasteiger partial charge in [-0.2, -0.15) is 0 Å². The summed E-state index contributed by atoms with van der Waals surface area (Å²) in [5.41, 5.74) is 2.06. The topological polar surface area (TPSA) is 52.6 Å². The Labute approximate surface area is 211 Å². The van der Waals surface area contributed by atoms with E-state index in [4.69, 9.17) is 9.47 Å². The first-order valence-corrected chi connectivity index (χ1v) is 13.5. The molecule has 1 unspecified atom stereocenters. The van der Waals surface area contributed by atoms with Gasteiger partial charge in [0, 0.05) is 5.92 Å². The normalized spacial score (nSPS) is 32.9. The van der Waals surface area contributed by atoms with E-state index in [9.17, 15) is 9.59 Å². The van der Waals surface area contributed by atoms with Crippen molar-refractivity contribution >= 4 is 11.9 Å². The zero-order valence-electron chi connectivity index (χ0n) is 22.0. The van der Waals surface area contributed by atoms with E-state index in [-0.39, 0.29) is 36.0 Å². The van der Waals surface area contributed by atoms with E-state index in [1.54, 1.807) is 0 Å². The van der Waals surface area contributed by atoms with Crippen LogP contribution in [0.4, 0.5) is 0 Å². The highest BCUT2D eigenvalue weighted by atomic mass is 16.5. The van der Waals surface area contributed by atoms with Gasteiger partial charge in [0.1, 0.15) is 12.2 Å². The maximum Gasteiger partial charge on any atom is 0.311 e. The number of benzene rings is 1. The van der Waals surface area contributed by atoms with Gasteiger partial charge in [0.15, 0.2) is 0 Å². The van der Waals surface area contributed by atoms with Crippen LogP contribution < -0.4 is 0 Å². The number of hydrogen-bond acceptors (Lipinski definition) is 4. The molecule has 4 nitrogen and oxygen atoms in total. The molecule has 0 bridgehead atoms. The molecule has 190 valence electrons. The molecule has 1 aromatic carbocycles. The molecule has 35 heavy (non-hydrogen) atoms. The minimum Gasteiger partial charge on any atom is -0.462 e. The number of ether oxygens (including phenoxy) is 2. The van der Waals surface area contributed by atoms with E-state index < -0.39 is 5.41 Å². The summed E-state index contributed by atoms with van der Waals surface area (Å²) in [6.45, 7) is 10.5. The van der Waals surface area contributed by atoms with E-state index in [1.807, 2.05) is 39.0 Å². The van der Waals surface area contributed by atoms with Crippen LogP contribution in [0.3, 0.4) is 0 Å². The summed E-state index contributed by atoms with van der Waals surface area (Å²) in [5, 5.41) is 0. The maximum atomic E-state index is 13.0. The van der Waals surface area contributed by atoms with Crippen molar-refractivity contribution in [3.05, 3.63) is 59.7 Å². The summed E-state index contributed by atoms with van der Waals surface area (Å²) < 4.78 is 12.1. The Morgan fingerprint density at radius 3 is 2.57 bits per heavy atom. The van der Waals surface area contributed by atoms with Crippen molar-refractivity contribution < 1.29 is 19.1 Å². The van der Waals surface area contributed by atoms with E-state index in [2.05, 4.69) is 44.2 Å². The third kappa shape index (κ3) is 5.90. The van der Waals surface area contributed by atoms with Crippen molar-refractivity contribution in [2.24, 2.45) is 29.1 Å². The standard InChI is InChI=1S/C31H42O4/c1-6-31(4,5)30(33)35-27-17-20(2)16-23-13-12-21(3)26(29(23)27)15-14-25-18-24(19-28(32)34-25)22-10-8-7-9-11-22/h7-13,16,20-21,24-27,29H,6,14-15,17-19H2,1-5H3/t20-,21-,24?,25+,26-,27-,29-/m0/s1. The maximum absolute atomic E-state index is 13.0. The minimum atomic E-state index is -0.473. The Morgan fingerprint density at radius 2 is 1.86 bits per heavy atom. The summed E-state index contributed by atoms with van der Waals surface area (Å²) in [7, 11) is 0. The lowest BCUT2D eigenvalue weighted by Gasteiger charge is -2.44. The Hall–Kier alpha value is -2.36. The SMILES string of the molecule is CCC(C)(C)C(=O)O[C@H]1C[C@@H](C)C=C2C=C[C@H](C)[C@H](CC[C@@H]3CC(c4ccccc4)CC(=O)O3)[C@H]21. The summed E-state index contributed by atoms with van der Waals surface area (Å²) in [6, 6.07) is 10.3. The molecule has 1 aromatic rings. The third-order valence-corrected chi connectivity index (χ3v) is 8.64. The van der Waals surface area contributed by atoms with Gasteiger partial charge in [-0.05, 0) is 80.8 Å². The smallest absolute Gasteiger partial charge is 0.311 e. The lowest BCUT2D eigenvalue weighted by molar-refractivity contribution is -0.165. The number of carbonyl (C=O) groups excluding carboxylic acids is 2. The molecule has 4 heteroatoms. The molecule has 0 amide bonds. The van der Waals surface area contributed by atoms with Gasteiger partial charge in [-0.1, -0.05) is 69.3 Å². The number of fused-ring (bicyclic) bond motifs is 1. The molecule has 1 aliphatic heterocycles. The fourth-order valence-corrected chi connectivity index (χ4v) is 6.08. The number of cyclic esters (lactones) is 1. The van der Waals surface area contributed by atoms with Crippen LogP contribution in [0, 0.1) is 29.1 Å². The van der Waals surface area contributed by atoms with Crippen molar-refractivity contribution in [2.75, 3.05) is 0 Å². The van der Waals surface area contributed by atoms with Gasteiger partial charge in [0.2, 0.25) is 0 Å². The lowest BCUT2D eigenvalue weighted by Crippen LogP contribution is -2.43. The molecule has 2 aliphatic carbocycles. The van der Waals surface area contributed by atoms with Crippen molar-refractivity contribution in [3.63, 3.8) is 0 Å². The van der Waals surface area contributed by atoms with Crippen molar-refractivity contribution in [2.45, 2.75) is 91.3 Å². The van der Waals surface area contributed by atoms with Crippen LogP contribution >= 0.6 is 0 Å². The zero-order valence-corrected chi connectivity index (χ0v) is 22.0. The Bertz CT molecular complexity index is 959. The first-order valence-electron chi connectivity index (χ1n) is 13.5. The van der Waals surface area contributed by atoms with Gasteiger partial charge in [-0.25, -0.2) is 0 Å². The first kappa shape index (κ1) is 25.7. The summed E-state index contributed by atoms with van der Waals surface area (Å²) >= 11 is 0. The second kappa shape index (κ2) is 10.7. The number of hydrogen-bond donors (Lipinski definition) is 0. The molecule has 1 heterocycles. The van der Waals surface area contributed by atoms with E-state index in [0.29, 0.717) is 24.2 Å². The number of esters is 2. The van der Waals surface area contributed by atoms with Gasteiger partial charge in [0.05, 0.1) is 11.8 Å². The van der Waals surface area contributed by atoms with Gasteiger partial charge in [-0.15, -0.1) is 0 Å². The number of allylic oxidation sites excluding steroid dienone is 3. The van der Waals surface area contributed by atoms with E-state index in [0.717, 1.165) is 32.1 Å². The number of rotatable bonds is 7. The average Bonchev–Trinajstić information content (AvgIpc) is 2.83. The van der Waals surface area contributed by atoms with Crippen molar-refractivity contribution in [1.82, 2.24) is 0 Å². The molecule has 0 saturated carbocycles. The van der Waals surface area contributed by atoms with Gasteiger partial charge >= 0.3 is 11.9 Å². The van der Waals surface area contributed by atoms with Crippen LogP contribution in [-0.2, 0) is 19.1 Å². The molecule has 1 fully saturated rings. The van der Waals surface area contributed by atoms with Crippen LogP contribution in [0.15, 0.2) is 54.1 Å². The van der Waals surface area contributed by atoms with Crippen LogP contribution in [0.25, 0.3) is 0 Å². The van der Waals surface area contributed by atoms with Crippen LogP contribution in [-0.4, -0.2) is 24.1 Å². The van der Waals surface area contributed by atoms with Crippen LogP contribution in [0.1, 0.15) is 84.6 Å². The van der Waals surface area contributed by atoms with Crippen molar-refractivity contribution in [3.8, 4) is 0 Å².